The van der Waals surface area contributed by atoms with Gasteiger partial charge in [-0.15, -0.1) is 11.3 Å². The minimum atomic E-state index is -0.175. The number of rotatable bonds is 4. The number of nitrogens with zero attached hydrogens (tertiary/aromatic N) is 4. The lowest BCUT2D eigenvalue weighted by Crippen LogP contribution is -2.14. The number of H-pyrrole nitrogens is 1. The molecule has 8 heteroatoms. The Hall–Kier alpha value is -2.32. The van der Waals surface area contributed by atoms with Crippen LogP contribution in [0.25, 0.3) is 11.4 Å². The van der Waals surface area contributed by atoms with Crippen LogP contribution in [-0.2, 0) is 18.4 Å². The molecule has 3 aromatic rings. The van der Waals surface area contributed by atoms with E-state index in [9.17, 15) is 4.79 Å². The fourth-order valence-electron chi connectivity index (χ4n) is 2.33. The number of carbonyl (C=O) groups excluding carboxylic acids is 1. The normalized spacial score (nSPS) is 11.8. The number of amides is 1. The summed E-state index contributed by atoms with van der Waals surface area (Å²) in [5.41, 5.74) is 2.11. The molecule has 1 amide bonds. The van der Waals surface area contributed by atoms with Crippen molar-refractivity contribution in [2.75, 3.05) is 0 Å². The summed E-state index contributed by atoms with van der Waals surface area (Å²) >= 11 is 6.73. The topological polar surface area (TPSA) is 68.0 Å². The third kappa shape index (κ3) is 3.60. The zero-order chi connectivity index (χ0) is 17.1. The summed E-state index contributed by atoms with van der Waals surface area (Å²) in [5.74, 6) is 0.560. The lowest BCUT2D eigenvalue weighted by molar-refractivity contribution is -0.118. The SMILES string of the molecule is Cc1cccc(-c2n[nH]c(=S)n2CCC(=O)N=c2sccn2C)c1. The van der Waals surface area contributed by atoms with Crippen LogP contribution < -0.4 is 4.80 Å². The molecule has 0 aliphatic carbocycles. The summed E-state index contributed by atoms with van der Waals surface area (Å²) in [4.78, 5) is 16.9. The van der Waals surface area contributed by atoms with Crippen molar-refractivity contribution >= 4 is 29.5 Å². The second-order valence-corrected chi connectivity index (χ2v) is 6.69. The Morgan fingerprint density at radius 1 is 1.46 bits per heavy atom. The molecule has 1 N–H and O–H groups in total. The van der Waals surface area contributed by atoms with Crippen molar-refractivity contribution in [1.29, 1.82) is 0 Å². The van der Waals surface area contributed by atoms with E-state index in [1.165, 1.54) is 11.3 Å². The second kappa shape index (κ2) is 7.06. The first-order chi connectivity index (χ1) is 11.5. The van der Waals surface area contributed by atoms with E-state index >= 15 is 0 Å². The summed E-state index contributed by atoms with van der Waals surface area (Å²) in [6.45, 7) is 2.47. The highest BCUT2D eigenvalue weighted by molar-refractivity contribution is 7.71. The quantitative estimate of drug-likeness (QED) is 0.728. The molecule has 0 aliphatic rings. The van der Waals surface area contributed by atoms with Crippen LogP contribution in [0.15, 0.2) is 40.8 Å². The first-order valence-corrected chi connectivity index (χ1v) is 8.73. The molecule has 2 aromatic heterocycles. The molecule has 3 rings (SSSR count). The maximum Gasteiger partial charge on any atom is 0.250 e. The van der Waals surface area contributed by atoms with Gasteiger partial charge in [-0.1, -0.05) is 23.8 Å². The van der Waals surface area contributed by atoms with Crippen LogP contribution in [0.2, 0.25) is 0 Å². The molecule has 24 heavy (non-hydrogen) atoms. The maximum absolute atomic E-state index is 12.1. The smallest absolute Gasteiger partial charge is 0.250 e. The van der Waals surface area contributed by atoms with Crippen LogP contribution in [0.5, 0.6) is 0 Å². The van der Waals surface area contributed by atoms with E-state index < -0.39 is 0 Å². The molecule has 0 aliphatic heterocycles. The molecule has 0 radical (unpaired) electrons. The number of aromatic amines is 1. The van der Waals surface area contributed by atoms with Crippen molar-refractivity contribution in [1.82, 2.24) is 19.3 Å². The molecular weight excluding hydrogens is 342 g/mol. The number of hydrogen-bond donors (Lipinski definition) is 1. The van der Waals surface area contributed by atoms with Crippen LogP contribution >= 0.6 is 23.6 Å². The Bertz CT molecular complexity index is 992. The van der Waals surface area contributed by atoms with Gasteiger partial charge in [0.15, 0.2) is 15.4 Å². The predicted octanol–water partition coefficient (Wildman–Crippen LogP) is 2.83. The number of benzene rings is 1. The lowest BCUT2D eigenvalue weighted by Gasteiger charge is -2.06. The fourth-order valence-corrected chi connectivity index (χ4v) is 3.30. The van der Waals surface area contributed by atoms with Gasteiger partial charge in [0.25, 0.3) is 0 Å². The molecule has 0 saturated heterocycles. The standard InChI is InChI=1S/C16H17N5OS2/c1-11-4-3-5-12(10-11)14-18-19-15(23)21(14)7-6-13(22)17-16-20(2)8-9-24-16/h3-5,8-10H,6-7H2,1-2H3,(H,19,23). The molecule has 0 fully saturated rings. The van der Waals surface area contributed by atoms with Gasteiger partial charge in [0, 0.05) is 37.2 Å². The molecule has 2 heterocycles. The van der Waals surface area contributed by atoms with Gasteiger partial charge in [-0.3, -0.25) is 14.5 Å². The zero-order valence-electron chi connectivity index (χ0n) is 13.4. The van der Waals surface area contributed by atoms with E-state index in [2.05, 4.69) is 15.2 Å². The lowest BCUT2D eigenvalue weighted by atomic mass is 10.1. The molecule has 124 valence electrons. The van der Waals surface area contributed by atoms with Gasteiger partial charge in [0.05, 0.1) is 0 Å². The Morgan fingerprint density at radius 2 is 2.29 bits per heavy atom. The van der Waals surface area contributed by atoms with E-state index in [-0.39, 0.29) is 12.3 Å². The predicted molar refractivity (Wildman–Crippen MR) is 96.1 cm³/mol. The van der Waals surface area contributed by atoms with Gasteiger partial charge < -0.3 is 4.57 Å². The van der Waals surface area contributed by atoms with E-state index in [0.717, 1.165) is 17.0 Å². The summed E-state index contributed by atoms with van der Waals surface area (Å²) < 4.78 is 4.16. The molecule has 6 nitrogen and oxygen atoms in total. The third-order valence-corrected chi connectivity index (χ3v) is 4.72. The van der Waals surface area contributed by atoms with Crippen molar-refractivity contribution in [3.63, 3.8) is 0 Å². The minimum Gasteiger partial charge on any atom is -0.327 e. The molecule has 0 spiro atoms. The van der Waals surface area contributed by atoms with Gasteiger partial charge in [0.2, 0.25) is 5.91 Å². The third-order valence-electron chi connectivity index (χ3n) is 3.56. The van der Waals surface area contributed by atoms with Crippen LogP contribution in [-0.4, -0.2) is 25.2 Å². The number of aromatic nitrogens is 4. The largest absolute Gasteiger partial charge is 0.327 e. The van der Waals surface area contributed by atoms with Gasteiger partial charge in [0.1, 0.15) is 0 Å². The number of carbonyl (C=O) groups is 1. The molecule has 1 aromatic carbocycles. The van der Waals surface area contributed by atoms with Crippen LogP contribution in [0.1, 0.15) is 12.0 Å². The van der Waals surface area contributed by atoms with Crippen LogP contribution in [0, 0.1) is 11.7 Å². The number of hydrogen-bond acceptors (Lipinski definition) is 4. The molecule has 0 atom stereocenters. The van der Waals surface area contributed by atoms with Crippen molar-refractivity contribution in [3.8, 4) is 11.4 Å². The molecule has 0 bridgehead atoms. The van der Waals surface area contributed by atoms with E-state index in [1.807, 2.05) is 58.9 Å². The summed E-state index contributed by atoms with van der Waals surface area (Å²) in [5, 5.41) is 9.00. The molecular formula is C16H17N5OS2. The average Bonchev–Trinajstić information content (AvgIpc) is 3.11. The Balaban J connectivity index is 1.82. The van der Waals surface area contributed by atoms with Crippen LogP contribution in [0.3, 0.4) is 0 Å². The fraction of sp³-hybridized carbons (Fsp3) is 0.250. The van der Waals surface area contributed by atoms with Gasteiger partial charge in [-0.2, -0.15) is 10.1 Å². The highest BCUT2D eigenvalue weighted by Crippen LogP contribution is 2.18. The van der Waals surface area contributed by atoms with E-state index in [0.29, 0.717) is 16.1 Å². The van der Waals surface area contributed by atoms with Crippen molar-refractivity contribution < 1.29 is 4.79 Å². The first-order valence-electron chi connectivity index (χ1n) is 7.44. The van der Waals surface area contributed by atoms with Crippen molar-refractivity contribution in [2.24, 2.45) is 12.0 Å². The zero-order valence-corrected chi connectivity index (χ0v) is 15.0. The van der Waals surface area contributed by atoms with Crippen LogP contribution in [0.4, 0.5) is 0 Å². The minimum absolute atomic E-state index is 0.175. The number of nitrogens with one attached hydrogen (secondary N) is 1. The monoisotopic (exact) mass is 359 g/mol. The number of aryl methyl sites for hydroxylation is 2. The van der Waals surface area contributed by atoms with Gasteiger partial charge >= 0.3 is 0 Å². The number of thiazole rings is 1. The second-order valence-electron chi connectivity index (χ2n) is 5.43. The van der Waals surface area contributed by atoms with Crippen molar-refractivity contribution in [3.05, 3.63) is 51.0 Å². The summed E-state index contributed by atoms with van der Waals surface area (Å²) in [6, 6.07) is 8.02. The van der Waals surface area contributed by atoms with E-state index in [1.54, 1.807) is 0 Å². The Kier molecular flexibility index (Phi) is 4.86. The highest BCUT2D eigenvalue weighted by Gasteiger charge is 2.10. The summed E-state index contributed by atoms with van der Waals surface area (Å²) in [6.07, 6.45) is 2.14. The van der Waals surface area contributed by atoms with E-state index in [4.69, 9.17) is 12.2 Å². The highest BCUT2D eigenvalue weighted by atomic mass is 32.1. The van der Waals surface area contributed by atoms with Gasteiger partial charge in [-0.05, 0) is 25.2 Å². The maximum atomic E-state index is 12.1. The molecule has 0 unspecified atom stereocenters. The first kappa shape index (κ1) is 16.5. The van der Waals surface area contributed by atoms with Gasteiger partial charge in [-0.25, -0.2) is 0 Å². The molecule has 0 saturated carbocycles. The Morgan fingerprint density at radius 3 is 3.00 bits per heavy atom. The Labute approximate surface area is 148 Å². The average molecular weight is 359 g/mol. The van der Waals surface area contributed by atoms with Crippen molar-refractivity contribution in [2.45, 2.75) is 19.9 Å². The summed E-state index contributed by atoms with van der Waals surface area (Å²) in [7, 11) is 1.87.